The summed E-state index contributed by atoms with van der Waals surface area (Å²) >= 11 is 6.02. The molecule has 4 aromatic rings. The third kappa shape index (κ3) is 6.73. The summed E-state index contributed by atoms with van der Waals surface area (Å²) in [4.78, 5) is 16.8. The molecule has 1 amide bonds. The van der Waals surface area contributed by atoms with Gasteiger partial charge in [0.25, 0.3) is 0 Å². The van der Waals surface area contributed by atoms with Crippen LogP contribution in [0.25, 0.3) is 22.0 Å². The van der Waals surface area contributed by atoms with Gasteiger partial charge in [-0.2, -0.15) is 5.10 Å². The summed E-state index contributed by atoms with van der Waals surface area (Å²) in [6, 6.07) is 15.2. The Hall–Kier alpha value is -3.58. The Morgan fingerprint density at radius 1 is 1.09 bits per heavy atom. The maximum absolute atomic E-state index is 12.4. The third-order valence-corrected chi connectivity index (χ3v) is 5.61. The van der Waals surface area contributed by atoms with Crippen molar-refractivity contribution in [1.82, 2.24) is 20.5 Å². The van der Waals surface area contributed by atoms with E-state index in [1.165, 1.54) is 0 Å². The molecule has 0 fully saturated rings. The molecule has 0 spiro atoms. The van der Waals surface area contributed by atoms with Crippen molar-refractivity contribution in [2.75, 3.05) is 6.61 Å². The highest BCUT2D eigenvalue weighted by molar-refractivity contribution is 6.30. The summed E-state index contributed by atoms with van der Waals surface area (Å²) in [5.74, 6) is 0.610. The van der Waals surface area contributed by atoms with Crippen LogP contribution < -0.4 is 10.1 Å². The number of alkyl carbamates (subject to hydrolysis) is 1. The van der Waals surface area contributed by atoms with Crippen molar-refractivity contribution in [2.45, 2.75) is 45.8 Å². The lowest BCUT2D eigenvalue weighted by Gasteiger charge is -2.24. The van der Waals surface area contributed by atoms with Crippen LogP contribution >= 0.6 is 11.6 Å². The lowest BCUT2D eigenvalue weighted by Crippen LogP contribution is -2.43. The van der Waals surface area contributed by atoms with Crippen molar-refractivity contribution < 1.29 is 14.3 Å². The van der Waals surface area contributed by atoms with Gasteiger partial charge in [0.15, 0.2) is 0 Å². The smallest absolute Gasteiger partial charge is 0.408 e. The van der Waals surface area contributed by atoms with Crippen LogP contribution in [0, 0.1) is 6.92 Å². The molecule has 4 rings (SSSR count). The van der Waals surface area contributed by atoms with Gasteiger partial charge in [0.2, 0.25) is 0 Å². The lowest BCUT2D eigenvalue weighted by molar-refractivity contribution is 0.0487. The van der Waals surface area contributed by atoms with Crippen molar-refractivity contribution >= 4 is 28.6 Å². The average molecular weight is 493 g/mol. The van der Waals surface area contributed by atoms with Gasteiger partial charge in [-0.25, -0.2) is 4.79 Å². The van der Waals surface area contributed by atoms with E-state index in [-0.39, 0.29) is 12.6 Å². The summed E-state index contributed by atoms with van der Waals surface area (Å²) < 4.78 is 11.5. The summed E-state index contributed by atoms with van der Waals surface area (Å²) in [7, 11) is 0. The van der Waals surface area contributed by atoms with E-state index in [0.29, 0.717) is 17.2 Å². The number of nitrogens with one attached hydrogen (secondary N) is 2. The van der Waals surface area contributed by atoms with E-state index >= 15 is 0 Å². The van der Waals surface area contributed by atoms with Gasteiger partial charge >= 0.3 is 6.09 Å². The summed E-state index contributed by atoms with van der Waals surface area (Å²) in [6.45, 7) is 7.73. The molecule has 2 aromatic heterocycles. The number of aromatic amines is 1. The molecular formula is C27H29ClN4O3. The number of ether oxygens (including phenoxy) is 2. The summed E-state index contributed by atoms with van der Waals surface area (Å²) in [5, 5.41) is 12.0. The zero-order chi connectivity index (χ0) is 25.0. The van der Waals surface area contributed by atoms with Crippen LogP contribution in [0.1, 0.15) is 32.0 Å². The van der Waals surface area contributed by atoms with Crippen molar-refractivity contribution in [3.8, 4) is 16.9 Å². The number of halogens is 1. The predicted molar refractivity (Wildman–Crippen MR) is 138 cm³/mol. The van der Waals surface area contributed by atoms with Gasteiger partial charge < -0.3 is 14.8 Å². The van der Waals surface area contributed by atoms with E-state index in [0.717, 1.165) is 33.3 Å². The summed E-state index contributed by atoms with van der Waals surface area (Å²) in [6.07, 6.45) is 3.53. The quantitative estimate of drug-likeness (QED) is 0.325. The monoisotopic (exact) mass is 492 g/mol. The van der Waals surface area contributed by atoms with Gasteiger partial charge in [-0.3, -0.25) is 10.1 Å². The first-order valence-electron chi connectivity index (χ1n) is 11.4. The molecule has 0 aliphatic carbocycles. The Kier molecular flexibility index (Phi) is 7.26. The van der Waals surface area contributed by atoms with Crippen LogP contribution in [0.2, 0.25) is 5.02 Å². The summed E-state index contributed by atoms with van der Waals surface area (Å²) in [5.41, 5.74) is 4.31. The third-order valence-electron chi connectivity index (χ3n) is 5.36. The second-order valence-electron chi connectivity index (χ2n) is 9.47. The number of benzene rings is 2. The lowest BCUT2D eigenvalue weighted by atomic mass is 10.0. The standard InChI is InChI=1S/C27H29ClN4O3/c1-17-24-13-19(7-10-25(24)32-31-17)20-12-23(15-29-14-20)34-16-22(30-26(33)35-27(2,3)4)11-18-5-8-21(28)9-6-18/h5-10,12-15,22H,11,16H2,1-4H3,(H,30,33)(H,31,32)/t22-/m0/s1. The van der Waals surface area contributed by atoms with Crippen LogP contribution in [0.5, 0.6) is 5.75 Å². The largest absolute Gasteiger partial charge is 0.490 e. The SMILES string of the molecule is Cc1[nH]nc2ccc(-c3cncc(OC[C@H](Cc4ccc(Cl)cc4)NC(=O)OC(C)(C)C)c3)cc12. The molecule has 0 unspecified atom stereocenters. The van der Waals surface area contributed by atoms with Crippen molar-refractivity contribution in [3.63, 3.8) is 0 Å². The average Bonchev–Trinajstić information content (AvgIpc) is 3.18. The fraction of sp³-hybridized carbons (Fsp3) is 0.296. The van der Waals surface area contributed by atoms with Gasteiger partial charge in [-0.05, 0) is 75.6 Å². The van der Waals surface area contributed by atoms with Gasteiger partial charge in [-0.15, -0.1) is 0 Å². The second kappa shape index (κ2) is 10.4. The first-order valence-corrected chi connectivity index (χ1v) is 11.8. The number of nitrogens with zero attached hydrogens (tertiary/aromatic N) is 2. The van der Waals surface area contributed by atoms with Crippen LogP contribution in [-0.2, 0) is 11.2 Å². The molecule has 182 valence electrons. The fourth-order valence-electron chi connectivity index (χ4n) is 3.70. The number of amides is 1. The molecule has 2 heterocycles. The maximum Gasteiger partial charge on any atom is 0.408 e. The molecule has 2 aromatic carbocycles. The molecule has 0 saturated heterocycles. The number of rotatable bonds is 7. The van der Waals surface area contributed by atoms with Gasteiger partial charge in [0.05, 0.1) is 17.8 Å². The van der Waals surface area contributed by atoms with Gasteiger partial charge in [0.1, 0.15) is 18.0 Å². The molecule has 7 nitrogen and oxygen atoms in total. The van der Waals surface area contributed by atoms with Gasteiger partial charge in [-0.1, -0.05) is 29.8 Å². The zero-order valence-corrected chi connectivity index (χ0v) is 21.0. The first-order chi connectivity index (χ1) is 16.7. The Morgan fingerprint density at radius 3 is 2.60 bits per heavy atom. The highest BCUT2D eigenvalue weighted by Crippen LogP contribution is 2.27. The number of aryl methyl sites for hydroxylation is 1. The maximum atomic E-state index is 12.4. The second-order valence-corrected chi connectivity index (χ2v) is 9.91. The van der Waals surface area contributed by atoms with E-state index < -0.39 is 11.7 Å². The van der Waals surface area contributed by atoms with Crippen LogP contribution in [0.4, 0.5) is 4.79 Å². The predicted octanol–water partition coefficient (Wildman–Crippen LogP) is 6.10. The Balaban J connectivity index is 1.49. The van der Waals surface area contributed by atoms with E-state index in [1.54, 1.807) is 12.4 Å². The number of hydrogen-bond acceptors (Lipinski definition) is 5. The molecule has 0 bridgehead atoms. The van der Waals surface area contributed by atoms with Crippen molar-refractivity contribution in [1.29, 1.82) is 0 Å². The number of carbonyl (C=O) groups excluding carboxylic acids is 1. The number of aromatic nitrogens is 3. The van der Waals surface area contributed by atoms with Crippen molar-refractivity contribution in [2.24, 2.45) is 0 Å². The van der Waals surface area contributed by atoms with Crippen LogP contribution in [0.15, 0.2) is 60.9 Å². The molecule has 0 saturated carbocycles. The molecule has 0 aliphatic rings. The molecule has 0 radical (unpaired) electrons. The number of hydrogen-bond donors (Lipinski definition) is 2. The van der Waals surface area contributed by atoms with E-state index in [9.17, 15) is 4.79 Å². The fourth-order valence-corrected chi connectivity index (χ4v) is 3.83. The van der Waals surface area contributed by atoms with E-state index in [1.807, 2.05) is 70.2 Å². The highest BCUT2D eigenvalue weighted by atomic mass is 35.5. The molecular weight excluding hydrogens is 464 g/mol. The number of H-pyrrole nitrogens is 1. The minimum absolute atomic E-state index is 0.243. The minimum atomic E-state index is -0.595. The molecule has 1 atom stereocenters. The first kappa shape index (κ1) is 24.5. The molecule has 2 N–H and O–H groups in total. The topological polar surface area (TPSA) is 89.1 Å². The molecule has 35 heavy (non-hydrogen) atoms. The van der Waals surface area contributed by atoms with E-state index in [2.05, 4.69) is 26.6 Å². The zero-order valence-electron chi connectivity index (χ0n) is 20.3. The minimum Gasteiger partial charge on any atom is -0.490 e. The highest BCUT2D eigenvalue weighted by Gasteiger charge is 2.20. The van der Waals surface area contributed by atoms with Crippen molar-refractivity contribution in [3.05, 3.63) is 77.2 Å². The number of carbonyl (C=O) groups is 1. The number of fused-ring (bicyclic) bond motifs is 1. The van der Waals surface area contributed by atoms with Crippen LogP contribution in [-0.4, -0.2) is 39.5 Å². The van der Waals surface area contributed by atoms with Crippen LogP contribution in [0.3, 0.4) is 0 Å². The Labute approximate surface area is 209 Å². The van der Waals surface area contributed by atoms with E-state index in [4.69, 9.17) is 21.1 Å². The molecule has 0 aliphatic heterocycles. The Morgan fingerprint density at radius 2 is 1.86 bits per heavy atom. The van der Waals surface area contributed by atoms with Gasteiger partial charge in [0, 0.05) is 27.9 Å². The Bertz CT molecular complexity index is 1310. The number of pyridine rings is 1. The molecule has 8 heteroatoms. The normalized spacial score (nSPS) is 12.4.